The predicted molar refractivity (Wildman–Crippen MR) is 81.1 cm³/mol. The van der Waals surface area contributed by atoms with Crippen LogP contribution in [0, 0.1) is 0 Å². The molecule has 3 rings (SSSR count). The Labute approximate surface area is 125 Å². The number of hydrogen-bond acceptors (Lipinski definition) is 5. The molecule has 3 aromatic rings. The summed E-state index contributed by atoms with van der Waals surface area (Å²) in [5.74, 6) is -0.0390. The van der Waals surface area contributed by atoms with Gasteiger partial charge in [0.15, 0.2) is 0 Å². The molecule has 0 aliphatic rings. The van der Waals surface area contributed by atoms with Gasteiger partial charge in [-0.25, -0.2) is 9.78 Å². The Balaban J connectivity index is 2.02. The maximum Gasteiger partial charge on any atom is 0.371 e. The zero-order valence-electron chi connectivity index (χ0n) is 11.9. The molecule has 0 saturated carbocycles. The molecule has 7 heteroatoms. The second-order valence-corrected chi connectivity index (χ2v) is 4.68. The first-order valence-corrected chi connectivity index (χ1v) is 6.73. The van der Waals surface area contributed by atoms with Gasteiger partial charge in [0.05, 0.1) is 6.61 Å². The van der Waals surface area contributed by atoms with E-state index in [4.69, 9.17) is 14.3 Å². The smallest absolute Gasteiger partial charge is 0.371 e. The molecule has 114 valence electrons. The molecule has 0 aliphatic heterocycles. The number of ether oxygens (including phenoxy) is 1. The van der Waals surface area contributed by atoms with Crippen molar-refractivity contribution in [3.8, 4) is 11.3 Å². The molecule has 0 atom stereocenters. The number of aromatic carboxylic acids is 1. The number of anilines is 1. The van der Waals surface area contributed by atoms with Crippen molar-refractivity contribution in [3.63, 3.8) is 0 Å². The molecule has 3 aromatic heterocycles. The summed E-state index contributed by atoms with van der Waals surface area (Å²) in [4.78, 5) is 18.5. The van der Waals surface area contributed by atoms with E-state index in [-0.39, 0.29) is 5.76 Å². The molecule has 0 spiro atoms. The highest BCUT2D eigenvalue weighted by molar-refractivity contribution is 5.94. The Kier molecular flexibility index (Phi) is 3.80. The SMILES string of the molecule is COCCNc1cc(-c2ccc(C(=O)O)o2)c2cc[nH]c2n1. The summed E-state index contributed by atoms with van der Waals surface area (Å²) >= 11 is 0. The number of methoxy groups -OCH3 is 1. The third kappa shape index (κ3) is 2.66. The fourth-order valence-corrected chi connectivity index (χ4v) is 2.21. The molecule has 0 bridgehead atoms. The van der Waals surface area contributed by atoms with Gasteiger partial charge >= 0.3 is 5.97 Å². The largest absolute Gasteiger partial charge is 0.475 e. The second-order valence-electron chi connectivity index (χ2n) is 4.68. The summed E-state index contributed by atoms with van der Waals surface area (Å²) in [7, 11) is 1.63. The summed E-state index contributed by atoms with van der Waals surface area (Å²) in [6.45, 7) is 1.18. The van der Waals surface area contributed by atoms with Gasteiger partial charge in [-0.1, -0.05) is 0 Å². The van der Waals surface area contributed by atoms with Gasteiger partial charge in [-0.05, 0) is 24.3 Å². The second kappa shape index (κ2) is 5.90. The fraction of sp³-hybridized carbons (Fsp3) is 0.200. The van der Waals surface area contributed by atoms with Crippen LogP contribution in [0.25, 0.3) is 22.4 Å². The molecular weight excluding hydrogens is 286 g/mol. The van der Waals surface area contributed by atoms with Crippen LogP contribution in [0.3, 0.4) is 0 Å². The minimum absolute atomic E-state index is 0.0932. The standard InChI is InChI=1S/C15H15N3O4/c1-21-7-6-16-13-8-10(9-4-5-17-14(9)18-13)11-2-3-12(22-11)15(19)20/h2-5,8H,6-7H2,1H3,(H,19,20)(H2,16,17,18). The molecule has 0 radical (unpaired) electrons. The molecule has 0 aliphatic carbocycles. The van der Waals surface area contributed by atoms with Gasteiger partial charge in [-0.3, -0.25) is 0 Å². The third-order valence-corrected chi connectivity index (χ3v) is 3.22. The van der Waals surface area contributed by atoms with E-state index in [1.165, 1.54) is 6.07 Å². The van der Waals surface area contributed by atoms with Crippen molar-refractivity contribution < 1.29 is 19.1 Å². The van der Waals surface area contributed by atoms with Gasteiger partial charge in [-0.15, -0.1) is 0 Å². The van der Waals surface area contributed by atoms with E-state index in [9.17, 15) is 4.79 Å². The van der Waals surface area contributed by atoms with Crippen molar-refractivity contribution in [2.75, 3.05) is 25.6 Å². The van der Waals surface area contributed by atoms with Crippen LogP contribution in [0.1, 0.15) is 10.6 Å². The number of aromatic nitrogens is 2. The van der Waals surface area contributed by atoms with Crippen LogP contribution in [0.15, 0.2) is 34.9 Å². The zero-order chi connectivity index (χ0) is 15.5. The van der Waals surface area contributed by atoms with Crippen molar-refractivity contribution in [2.45, 2.75) is 0 Å². The lowest BCUT2D eigenvalue weighted by Crippen LogP contribution is -2.08. The van der Waals surface area contributed by atoms with Crippen LogP contribution < -0.4 is 5.32 Å². The molecule has 7 nitrogen and oxygen atoms in total. The number of furan rings is 1. The summed E-state index contributed by atoms with van der Waals surface area (Å²) < 4.78 is 10.4. The number of carboxylic acids is 1. The lowest BCUT2D eigenvalue weighted by molar-refractivity contribution is 0.0663. The molecule has 0 aromatic carbocycles. The molecule has 22 heavy (non-hydrogen) atoms. The normalized spacial score (nSPS) is 11.0. The molecule has 3 heterocycles. The minimum Gasteiger partial charge on any atom is -0.475 e. The van der Waals surface area contributed by atoms with Crippen molar-refractivity contribution in [2.24, 2.45) is 0 Å². The van der Waals surface area contributed by atoms with Crippen LogP contribution in [-0.4, -0.2) is 41.3 Å². The number of carboxylic acid groups (broad SMARTS) is 1. The molecule has 0 saturated heterocycles. The van der Waals surface area contributed by atoms with E-state index in [1.54, 1.807) is 19.4 Å². The van der Waals surface area contributed by atoms with Gasteiger partial charge in [0.2, 0.25) is 5.76 Å². The molecule has 3 N–H and O–H groups in total. The van der Waals surface area contributed by atoms with Gasteiger partial charge < -0.3 is 24.6 Å². The highest BCUT2D eigenvalue weighted by Gasteiger charge is 2.14. The van der Waals surface area contributed by atoms with E-state index < -0.39 is 5.97 Å². The number of nitrogens with zero attached hydrogens (tertiary/aromatic N) is 1. The maximum absolute atomic E-state index is 11.0. The number of nitrogens with one attached hydrogen (secondary N) is 2. The number of pyridine rings is 1. The monoisotopic (exact) mass is 301 g/mol. The third-order valence-electron chi connectivity index (χ3n) is 3.22. The van der Waals surface area contributed by atoms with Crippen LogP contribution in [-0.2, 0) is 4.74 Å². The number of rotatable bonds is 6. The van der Waals surface area contributed by atoms with E-state index in [1.807, 2.05) is 12.1 Å². The van der Waals surface area contributed by atoms with E-state index >= 15 is 0 Å². The van der Waals surface area contributed by atoms with Crippen molar-refractivity contribution in [1.29, 1.82) is 0 Å². The van der Waals surface area contributed by atoms with Crippen LogP contribution in [0.2, 0.25) is 0 Å². The fourth-order valence-electron chi connectivity index (χ4n) is 2.21. The Morgan fingerprint density at radius 3 is 3.05 bits per heavy atom. The Bertz CT molecular complexity index is 806. The van der Waals surface area contributed by atoms with Gasteiger partial charge in [0.25, 0.3) is 0 Å². The first kappa shape index (κ1) is 14.2. The Hall–Kier alpha value is -2.80. The van der Waals surface area contributed by atoms with Crippen LogP contribution >= 0.6 is 0 Å². The van der Waals surface area contributed by atoms with Gasteiger partial charge in [-0.2, -0.15) is 0 Å². The average Bonchev–Trinajstić information content (AvgIpc) is 3.16. The first-order valence-electron chi connectivity index (χ1n) is 6.73. The summed E-state index contributed by atoms with van der Waals surface area (Å²) in [5, 5.41) is 13.0. The van der Waals surface area contributed by atoms with Crippen molar-refractivity contribution in [3.05, 3.63) is 36.2 Å². The topological polar surface area (TPSA) is 100 Å². The Morgan fingerprint density at radius 2 is 2.32 bits per heavy atom. The highest BCUT2D eigenvalue weighted by Crippen LogP contribution is 2.31. The number of carbonyl (C=O) groups is 1. The molecule has 0 fully saturated rings. The number of H-pyrrole nitrogens is 1. The van der Waals surface area contributed by atoms with Gasteiger partial charge in [0, 0.05) is 30.8 Å². The molecular formula is C15H15N3O4. The number of hydrogen-bond donors (Lipinski definition) is 3. The van der Waals surface area contributed by atoms with Crippen molar-refractivity contribution >= 4 is 22.8 Å². The van der Waals surface area contributed by atoms with E-state index in [2.05, 4.69) is 15.3 Å². The number of aromatic amines is 1. The lowest BCUT2D eigenvalue weighted by Gasteiger charge is -2.07. The molecule has 0 unspecified atom stereocenters. The summed E-state index contributed by atoms with van der Waals surface area (Å²) in [5.41, 5.74) is 1.48. The summed E-state index contributed by atoms with van der Waals surface area (Å²) in [6.07, 6.45) is 1.78. The molecule has 0 amide bonds. The maximum atomic E-state index is 11.0. The van der Waals surface area contributed by atoms with E-state index in [0.29, 0.717) is 30.4 Å². The zero-order valence-corrected chi connectivity index (χ0v) is 11.9. The first-order chi connectivity index (χ1) is 10.7. The average molecular weight is 301 g/mol. The van der Waals surface area contributed by atoms with Crippen LogP contribution in [0.5, 0.6) is 0 Å². The van der Waals surface area contributed by atoms with E-state index in [0.717, 1.165) is 10.9 Å². The van der Waals surface area contributed by atoms with Crippen LogP contribution in [0.4, 0.5) is 5.82 Å². The number of fused-ring (bicyclic) bond motifs is 1. The minimum atomic E-state index is -1.09. The Morgan fingerprint density at radius 1 is 1.45 bits per heavy atom. The quantitative estimate of drug-likeness (QED) is 0.605. The lowest BCUT2D eigenvalue weighted by atomic mass is 10.1. The van der Waals surface area contributed by atoms with Crippen molar-refractivity contribution in [1.82, 2.24) is 9.97 Å². The predicted octanol–water partition coefficient (Wildman–Crippen LogP) is 2.58. The summed E-state index contributed by atoms with van der Waals surface area (Å²) in [6, 6.07) is 6.79. The van der Waals surface area contributed by atoms with Gasteiger partial charge in [0.1, 0.15) is 17.2 Å². The highest BCUT2D eigenvalue weighted by atomic mass is 16.5.